The van der Waals surface area contributed by atoms with Crippen molar-refractivity contribution in [2.75, 3.05) is 11.1 Å². The SMILES string of the molecule is CC(C)n1cnnc1SCC(=O)Nc1ccc(OCc2ccccc2)cc1. The number of hydrogen-bond acceptors (Lipinski definition) is 5. The van der Waals surface area contributed by atoms with E-state index in [9.17, 15) is 4.79 Å². The van der Waals surface area contributed by atoms with E-state index in [0.717, 1.165) is 22.2 Å². The molecule has 0 aliphatic rings. The molecule has 1 N–H and O–H groups in total. The lowest BCUT2D eigenvalue weighted by Gasteiger charge is -2.10. The molecule has 0 aliphatic heterocycles. The predicted molar refractivity (Wildman–Crippen MR) is 107 cm³/mol. The Hall–Kier alpha value is -2.80. The van der Waals surface area contributed by atoms with E-state index in [0.29, 0.717) is 6.61 Å². The van der Waals surface area contributed by atoms with Crippen LogP contribution in [0.25, 0.3) is 0 Å². The van der Waals surface area contributed by atoms with Crippen LogP contribution in [0.3, 0.4) is 0 Å². The summed E-state index contributed by atoms with van der Waals surface area (Å²) in [6.07, 6.45) is 1.68. The maximum atomic E-state index is 12.2. The van der Waals surface area contributed by atoms with E-state index < -0.39 is 0 Å². The molecular weight excluding hydrogens is 360 g/mol. The Bertz CT molecular complexity index is 863. The van der Waals surface area contributed by atoms with Gasteiger partial charge in [0, 0.05) is 11.7 Å². The number of carbonyl (C=O) groups excluding carboxylic acids is 1. The minimum absolute atomic E-state index is 0.0868. The molecular formula is C20H22N4O2S. The predicted octanol–water partition coefficient (Wildman–Crippen LogP) is 4.17. The first-order chi connectivity index (χ1) is 13.1. The molecule has 27 heavy (non-hydrogen) atoms. The summed E-state index contributed by atoms with van der Waals surface area (Å²) in [4.78, 5) is 12.2. The number of nitrogens with one attached hydrogen (secondary N) is 1. The van der Waals surface area contributed by atoms with Gasteiger partial charge in [0.25, 0.3) is 0 Å². The van der Waals surface area contributed by atoms with Gasteiger partial charge in [-0.3, -0.25) is 4.79 Å². The van der Waals surface area contributed by atoms with E-state index in [4.69, 9.17) is 4.74 Å². The summed E-state index contributed by atoms with van der Waals surface area (Å²) in [6, 6.07) is 17.6. The molecule has 0 saturated carbocycles. The Labute approximate surface area is 163 Å². The van der Waals surface area contributed by atoms with Crippen LogP contribution in [0.4, 0.5) is 5.69 Å². The van der Waals surface area contributed by atoms with Crippen LogP contribution >= 0.6 is 11.8 Å². The van der Waals surface area contributed by atoms with Crippen molar-refractivity contribution >= 4 is 23.4 Å². The fourth-order valence-corrected chi connectivity index (χ4v) is 3.24. The van der Waals surface area contributed by atoms with Crippen LogP contribution in [-0.4, -0.2) is 26.4 Å². The summed E-state index contributed by atoms with van der Waals surface area (Å²) < 4.78 is 7.69. The van der Waals surface area contributed by atoms with Gasteiger partial charge in [-0.1, -0.05) is 42.1 Å². The van der Waals surface area contributed by atoms with Crippen molar-refractivity contribution in [3.63, 3.8) is 0 Å². The summed E-state index contributed by atoms with van der Waals surface area (Å²) in [5, 5.41) is 11.6. The van der Waals surface area contributed by atoms with Gasteiger partial charge < -0.3 is 14.6 Å². The van der Waals surface area contributed by atoms with Gasteiger partial charge in [0.2, 0.25) is 5.91 Å². The zero-order chi connectivity index (χ0) is 19.1. The number of anilines is 1. The molecule has 6 nitrogen and oxygen atoms in total. The Morgan fingerprint density at radius 2 is 1.89 bits per heavy atom. The van der Waals surface area contributed by atoms with E-state index in [1.165, 1.54) is 11.8 Å². The minimum Gasteiger partial charge on any atom is -0.489 e. The number of thioether (sulfide) groups is 1. The summed E-state index contributed by atoms with van der Waals surface area (Å²) in [6.45, 7) is 4.61. The topological polar surface area (TPSA) is 69.0 Å². The van der Waals surface area contributed by atoms with Gasteiger partial charge in [0.15, 0.2) is 5.16 Å². The second kappa shape index (κ2) is 9.23. The Morgan fingerprint density at radius 1 is 1.15 bits per heavy atom. The number of carbonyl (C=O) groups is 1. The van der Waals surface area contributed by atoms with E-state index >= 15 is 0 Å². The van der Waals surface area contributed by atoms with Gasteiger partial charge in [-0.05, 0) is 43.7 Å². The lowest BCUT2D eigenvalue weighted by Crippen LogP contribution is -2.14. The van der Waals surface area contributed by atoms with Gasteiger partial charge in [-0.15, -0.1) is 10.2 Å². The quantitative estimate of drug-likeness (QED) is 0.592. The van der Waals surface area contributed by atoms with Crippen LogP contribution < -0.4 is 10.1 Å². The zero-order valence-electron chi connectivity index (χ0n) is 15.3. The van der Waals surface area contributed by atoms with Crippen LogP contribution in [0.5, 0.6) is 5.75 Å². The molecule has 2 aromatic carbocycles. The number of nitrogens with zero attached hydrogens (tertiary/aromatic N) is 3. The molecule has 0 radical (unpaired) electrons. The average Bonchev–Trinajstić information content (AvgIpc) is 3.16. The zero-order valence-corrected chi connectivity index (χ0v) is 16.1. The third-order valence-corrected chi connectivity index (χ3v) is 4.77. The molecule has 3 aromatic rings. The first-order valence-corrected chi connectivity index (χ1v) is 9.69. The fraction of sp³-hybridized carbons (Fsp3) is 0.250. The third kappa shape index (κ3) is 5.59. The van der Waals surface area contributed by atoms with Crippen molar-refractivity contribution < 1.29 is 9.53 Å². The Kier molecular flexibility index (Phi) is 6.49. The molecule has 0 saturated heterocycles. The summed E-state index contributed by atoms with van der Waals surface area (Å²) in [5.74, 6) is 0.949. The van der Waals surface area contributed by atoms with E-state index in [-0.39, 0.29) is 17.7 Å². The number of hydrogen-bond donors (Lipinski definition) is 1. The van der Waals surface area contributed by atoms with Crippen molar-refractivity contribution in [3.05, 3.63) is 66.5 Å². The van der Waals surface area contributed by atoms with Crippen molar-refractivity contribution in [2.45, 2.75) is 31.7 Å². The number of benzene rings is 2. The van der Waals surface area contributed by atoms with Gasteiger partial charge in [0.1, 0.15) is 18.7 Å². The maximum absolute atomic E-state index is 12.2. The molecule has 140 valence electrons. The van der Waals surface area contributed by atoms with Gasteiger partial charge in [0.05, 0.1) is 5.75 Å². The fourth-order valence-electron chi connectivity index (χ4n) is 2.39. The summed E-state index contributed by atoms with van der Waals surface area (Å²) in [5.41, 5.74) is 1.85. The highest BCUT2D eigenvalue weighted by Gasteiger charge is 2.11. The van der Waals surface area contributed by atoms with Crippen molar-refractivity contribution in [3.8, 4) is 5.75 Å². The lowest BCUT2D eigenvalue weighted by atomic mass is 10.2. The molecule has 7 heteroatoms. The normalized spacial score (nSPS) is 10.8. The van der Waals surface area contributed by atoms with Crippen molar-refractivity contribution in [2.24, 2.45) is 0 Å². The van der Waals surface area contributed by atoms with E-state index in [1.807, 2.05) is 59.2 Å². The highest BCUT2D eigenvalue weighted by Crippen LogP contribution is 2.20. The molecule has 3 rings (SSSR count). The average molecular weight is 382 g/mol. The van der Waals surface area contributed by atoms with Crippen LogP contribution in [0.1, 0.15) is 25.5 Å². The Balaban J connectivity index is 1.47. The van der Waals surface area contributed by atoms with Crippen LogP contribution in [0.2, 0.25) is 0 Å². The first-order valence-electron chi connectivity index (χ1n) is 8.71. The summed E-state index contributed by atoms with van der Waals surface area (Å²) >= 11 is 1.37. The molecule has 1 heterocycles. The maximum Gasteiger partial charge on any atom is 0.234 e. The van der Waals surface area contributed by atoms with E-state index in [1.54, 1.807) is 6.33 Å². The standard InChI is InChI=1S/C20H22N4O2S/c1-15(2)24-14-21-23-20(24)27-13-19(25)22-17-8-10-18(11-9-17)26-12-16-6-4-3-5-7-16/h3-11,14-15H,12-13H2,1-2H3,(H,22,25). The minimum atomic E-state index is -0.0868. The molecule has 1 amide bonds. The molecule has 0 fully saturated rings. The highest BCUT2D eigenvalue weighted by atomic mass is 32.2. The van der Waals surface area contributed by atoms with Crippen molar-refractivity contribution in [1.29, 1.82) is 0 Å². The van der Waals surface area contributed by atoms with Gasteiger partial charge >= 0.3 is 0 Å². The van der Waals surface area contributed by atoms with Crippen LogP contribution in [-0.2, 0) is 11.4 Å². The molecule has 1 aromatic heterocycles. The smallest absolute Gasteiger partial charge is 0.234 e. The molecule has 0 aliphatic carbocycles. The number of rotatable bonds is 8. The van der Waals surface area contributed by atoms with Gasteiger partial charge in [-0.25, -0.2) is 0 Å². The number of ether oxygens (including phenoxy) is 1. The Morgan fingerprint density at radius 3 is 2.59 bits per heavy atom. The molecule has 0 atom stereocenters. The van der Waals surface area contributed by atoms with Crippen LogP contribution in [0, 0.1) is 0 Å². The van der Waals surface area contributed by atoms with Crippen molar-refractivity contribution in [1.82, 2.24) is 14.8 Å². The number of amides is 1. The molecule has 0 spiro atoms. The summed E-state index contributed by atoms with van der Waals surface area (Å²) in [7, 11) is 0. The molecule has 0 unspecified atom stereocenters. The van der Waals surface area contributed by atoms with Gasteiger partial charge in [-0.2, -0.15) is 0 Å². The van der Waals surface area contributed by atoms with Crippen LogP contribution in [0.15, 0.2) is 66.1 Å². The third-order valence-electron chi connectivity index (χ3n) is 3.82. The first kappa shape index (κ1) is 19.0. The van der Waals surface area contributed by atoms with E-state index in [2.05, 4.69) is 29.4 Å². The molecule has 0 bridgehead atoms. The highest BCUT2D eigenvalue weighted by molar-refractivity contribution is 7.99. The lowest BCUT2D eigenvalue weighted by molar-refractivity contribution is -0.113. The second-order valence-corrected chi connectivity index (χ2v) is 7.19. The largest absolute Gasteiger partial charge is 0.489 e. The second-order valence-electron chi connectivity index (χ2n) is 6.25. The monoisotopic (exact) mass is 382 g/mol. The number of aromatic nitrogens is 3.